The van der Waals surface area contributed by atoms with Crippen molar-refractivity contribution in [1.82, 2.24) is 0 Å². The Morgan fingerprint density at radius 3 is 2.42 bits per heavy atom. The van der Waals surface area contributed by atoms with Gasteiger partial charge >= 0.3 is 0 Å². The van der Waals surface area contributed by atoms with Crippen LogP contribution in [0.15, 0.2) is 0 Å². The van der Waals surface area contributed by atoms with Gasteiger partial charge in [0.15, 0.2) is 0 Å². The molecule has 0 unspecified atom stereocenters. The van der Waals surface area contributed by atoms with E-state index in [2.05, 4.69) is 6.92 Å². The molecule has 0 radical (unpaired) electrons. The zero-order valence-corrected chi connectivity index (χ0v) is 8.39. The van der Waals surface area contributed by atoms with Gasteiger partial charge in [0.2, 0.25) is 0 Å². The molecule has 2 aliphatic rings. The van der Waals surface area contributed by atoms with Crippen LogP contribution in [0, 0.1) is 17.8 Å². The number of rotatable bonds is 1. The summed E-state index contributed by atoms with van der Waals surface area (Å²) in [7, 11) is 0. The highest BCUT2D eigenvalue weighted by Gasteiger charge is 2.30. The lowest BCUT2D eigenvalue weighted by Gasteiger charge is -2.39. The first kappa shape index (κ1) is 8.59. The van der Waals surface area contributed by atoms with Crippen LogP contribution in [0.5, 0.6) is 0 Å². The first-order valence-electron chi connectivity index (χ1n) is 5.90. The Hall–Kier alpha value is 0. The summed E-state index contributed by atoms with van der Waals surface area (Å²) < 4.78 is 0. The van der Waals surface area contributed by atoms with Crippen LogP contribution in [-0.4, -0.2) is 0 Å². The van der Waals surface area contributed by atoms with E-state index in [1.54, 1.807) is 25.7 Å². The topological polar surface area (TPSA) is 0 Å². The average molecular weight is 166 g/mol. The molecule has 0 nitrogen and oxygen atoms in total. The third-order valence-electron chi connectivity index (χ3n) is 4.23. The summed E-state index contributed by atoms with van der Waals surface area (Å²) in [5.74, 6) is 3.36. The lowest BCUT2D eigenvalue weighted by molar-refractivity contribution is 0.128. The molecule has 0 heteroatoms. The summed E-state index contributed by atoms with van der Waals surface area (Å²) in [6.45, 7) is 2.37. The van der Waals surface area contributed by atoms with Gasteiger partial charge in [0.25, 0.3) is 0 Å². The second kappa shape index (κ2) is 3.81. The van der Waals surface area contributed by atoms with E-state index in [-0.39, 0.29) is 0 Å². The predicted octanol–water partition coefficient (Wildman–Crippen LogP) is 4.00. The fraction of sp³-hybridized carbons (Fsp3) is 1.00. The lowest BCUT2D eigenvalue weighted by Crippen LogP contribution is -2.27. The molecule has 2 fully saturated rings. The molecule has 12 heavy (non-hydrogen) atoms. The Morgan fingerprint density at radius 1 is 0.917 bits per heavy atom. The van der Waals surface area contributed by atoms with Gasteiger partial charge in [0.05, 0.1) is 0 Å². The molecule has 0 saturated heterocycles. The highest BCUT2D eigenvalue weighted by atomic mass is 14.4. The van der Waals surface area contributed by atoms with Crippen molar-refractivity contribution >= 4 is 0 Å². The fourth-order valence-corrected chi connectivity index (χ4v) is 3.34. The standard InChI is InChI=1S/C12H22/c1-2-10-7-8-11-5-3-4-6-12(11)9-10/h10-12H,2-9H2,1H3/t10-,11+,12-/m0/s1. The van der Waals surface area contributed by atoms with E-state index in [1.807, 2.05) is 0 Å². The summed E-state index contributed by atoms with van der Waals surface area (Å²) in [4.78, 5) is 0. The molecule has 0 aliphatic heterocycles. The van der Waals surface area contributed by atoms with E-state index in [0.717, 1.165) is 17.8 Å². The predicted molar refractivity (Wildman–Crippen MR) is 53.1 cm³/mol. The molecule has 0 heterocycles. The van der Waals surface area contributed by atoms with Crippen molar-refractivity contribution in [3.8, 4) is 0 Å². The van der Waals surface area contributed by atoms with Crippen molar-refractivity contribution in [1.29, 1.82) is 0 Å². The van der Waals surface area contributed by atoms with Gasteiger partial charge < -0.3 is 0 Å². The maximum absolute atomic E-state index is 2.37. The van der Waals surface area contributed by atoms with Crippen LogP contribution < -0.4 is 0 Å². The van der Waals surface area contributed by atoms with E-state index < -0.39 is 0 Å². The Balaban J connectivity index is 1.90. The van der Waals surface area contributed by atoms with E-state index in [4.69, 9.17) is 0 Å². The number of hydrogen-bond donors (Lipinski definition) is 0. The second-order valence-electron chi connectivity index (χ2n) is 4.89. The SMILES string of the molecule is CC[C@H]1CC[C@H]2CCCC[C@H]2C1. The smallest absolute Gasteiger partial charge is 0.0383 e. The fourth-order valence-electron chi connectivity index (χ4n) is 3.34. The van der Waals surface area contributed by atoms with Gasteiger partial charge in [-0.2, -0.15) is 0 Å². The first-order valence-corrected chi connectivity index (χ1v) is 5.90. The summed E-state index contributed by atoms with van der Waals surface area (Å²) in [6.07, 6.45) is 12.3. The average Bonchev–Trinajstić information content (AvgIpc) is 2.17. The van der Waals surface area contributed by atoms with Crippen LogP contribution in [0.2, 0.25) is 0 Å². The summed E-state index contributed by atoms with van der Waals surface area (Å²) in [5, 5.41) is 0. The molecule has 70 valence electrons. The van der Waals surface area contributed by atoms with Crippen molar-refractivity contribution < 1.29 is 0 Å². The Bertz CT molecular complexity index is 139. The molecule has 0 bridgehead atoms. The van der Waals surface area contributed by atoms with Crippen LogP contribution in [0.4, 0.5) is 0 Å². The molecule has 2 rings (SSSR count). The Morgan fingerprint density at radius 2 is 1.67 bits per heavy atom. The molecule has 3 atom stereocenters. The minimum atomic E-state index is 1.09. The van der Waals surface area contributed by atoms with E-state index in [9.17, 15) is 0 Å². The van der Waals surface area contributed by atoms with Crippen molar-refractivity contribution in [2.45, 2.75) is 58.3 Å². The molecule has 0 aromatic heterocycles. The van der Waals surface area contributed by atoms with Crippen molar-refractivity contribution in [3.05, 3.63) is 0 Å². The molecule has 0 aromatic carbocycles. The highest BCUT2D eigenvalue weighted by Crippen LogP contribution is 2.43. The summed E-state index contributed by atoms with van der Waals surface area (Å²) >= 11 is 0. The first-order chi connectivity index (χ1) is 5.90. The van der Waals surface area contributed by atoms with Gasteiger partial charge in [0.1, 0.15) is 0 Å². The highest BCUT2D eigenvalue weighted by molar-refractivity contribution is 4.82. The van der Waals surface area contributed by atoms with Crippen LogP contribution in [-0.2, 0) is 0 Å². The lowest BCUT2D eigenvalue weighted by atomic mass is 9.67. The Labute approximate surface area is 76.7 Å². The minimum absolute atomic E-state index is 1.09. The van der Waals surface area contributed by atoms with Crippen LogP contribution in [0.25, 0.3) is 0 Å². The van der Waals surface area contributed by atoms with Crippen molar-refractivity contribution in [3.63, 3.8) is 0 Å². The molecule has 0 aromatic rings. The summed E-state index contributed by atoms with van der Waals surface area (Å²) in [5.41, 5.74) is 0. The zero-order valence-electron chi connectivity index (χ0n) is 8.39. The normalized spacial score (nSPS) is 42.2. The molecule has 0 spiro atoms. The van der Waals surface area contributed by atoms with Gasteiger partial charge in [-0.05, 0) is 30.6 Å². The quantitative estimate of drug-likeness (QED) is 0.552. The van der Waals surface area contributed by atoms with E-state index in [1.165, 1.54) is 25.7 Å². The van der Waals surface area contributed by atoms with Crippen LogP contribution in [0.3, 0.4) is 0 Å². The van der Waals surface area contributed by atoms with E-state index >= 15 is 0 Å². The van der Waals surface area contributed by atoms with Gasteiger partial charge in [0, 0.05) is 0 Å². The van der Waals surface area contributed by atoms with Gasteiger partial charge in [-0.15, -0.1) is 0 Å². The maximum atomic E-state index is 2.37. The maximum Gasteiger partial charge on any atom is -0.0383 e. The van der Waals surface area contributed by atoms with E-state index in [0.29, 0.717) is 0 Å². The van der Waals surface area contributed by atoms with Gasteiger partial charge in [-0.1, -0.05) is 45.4 Å². The third-order valence-corrected chi connectivity index (χ3v) is 4.23. The molecule has 2 saturated carbocycles. The summed E-state index contributed by atoms with van der Waals surface area (Å²) in [6, 6.07) is 0. The molecule has 2 aliphatic carbocycles. The number of hydrogen-bond acceptors (Lipinski definition) is 0. The largest absolute Gasteiger partial charge is 0.0651 e. The van der Waals surface area contributed by atoms with Crippen LogP contribution >= 0.6 is 0 Å². The second-order valence-corrected chi connectivity index (χ2v) is 4.89. The van der Waals surface area contributed by atoms with Crippen LogP contribution in [0.1, 0.15) is 58.3 Å². The molecular weight excluding hydrogens is 144 g/mol. The van der Waals surface area contributed by atoms with Gasteiger partial charge in [-0.25, -0.2) is 0 Å². The molecule has 0 amide bonds. The van der Waals surface area contributed by atoms with Crippen molar-refractivity contribution in [2.24, 2.45) is 17.8 Å². The minimum Gasteiger partial charge on any atom is -0.0651 e. The Kier molecular flexibility index (Phi) is 2.73. The third kappa shape index (κ3) is 1.67. The van der Waals surface area contributed by atoms with Gasteiger partial charge in [-0.3, -0.25) is 0 Å². The number of fused-ring (bicyclic) bond motifs is 1. The van der Waals surface area contributed by atoms with Crippen molar-refractivity contribution in [2.75, 3.05) is 0 Å². The molecular formula is C12H22. The monoisotopic (exact) mass is 166 g/mol. The zero-order chi connectivity index (χ0) is 8.39. The molecule has 0 N–H and O–H groups in total.